The molecule has 1 aromatic carbocycles. The molecule has 0 aliphatic rings. The Balaban J connectivity index is 2.15. The van der Waals surface area contributed by atoms with Crippen LogP contribution in [0.4, 0.5) is 5.82 Å². The van der Waals surface area contributed by atoms with Gasteiger partial charge in [-0.3, -0.25) is 14.2 Å². The smallest absolute Gasteiger partial charge is 0.350 e. The molecule has 1 heterocycles. The maximum atomic E-state index is 11.8. The van der Waals surface area contributed by atoms with Crippen LogP contribution in [0.2, 0.25) is 0 Å². The predicted molar refractivity (Wildman–Crippen MR) is 70.5 cm³/mol. The molecule has 0 radical (unpaired) electrons. The third-order valence-corrected chi connectivity index (χ3v) is 2.46. The minimum absolute atomic E-state index is 0.0745. The van der Waals surface area contributed by atoms with Crippen LogP contribution in [0.3, 0.4) is 0 Å². The molecule has 0 unspecified atom stereocenters. The van der Waals surface area contributed by atoms with Crippen molar-refractivity contribution in [2.75, 3.05) is 5.32 Å². The van der Waals surface area contributed by atoms with Crippen LogP contribution in [0.15, 0.2) is 47.4 Å². The van der Waals surface area contributed by atoms with Gasteiger partial charge in [0.1, 0.15) is 12.4 Å². The topological polar surface area (TPSA) is 101 Å². The molecule has 0 saturated heterocycles. The molecule has 0 fully saturated rings. The third kappa shape index (κ3) is 3.29. The molecule has 2 rings (SSSR count). The fourth-order valence-corrected chi connectivity index (χ4v) is 1.54. The highest BCUT2D eigenvalue weighted by molar-refractivity contribution is 6.03. The number of amides is 1. The first kappa shape index (κ1) is 13.5. The molecule has 0 aliphatic heterocycles. The lowest BCUT2D eigenvalue weighted by Crippen LogP contribution is -2.27. The van der Waals surface area contributed by atoms with Gasteiger partial charge in [-0.2, -0.15) is 4.98 Å². The summed E-state index contributed by atoms with van der Waals surface area (Å²) in [5.74, 6) is -1.46. The van der Waals surface area contributed by atoms with Crippen molar-refractivity contribution >= 4 is 17.7 Å². The summed E-state index contributed by atoms with van der Waals surface area (Å²) >= 11 is 0. The van der Waals surface area contributed by atoms with Crippen molar-refractivity contribution < 1.29 is 14.7 Å². The first-order valence-electron chi connectivity index (χ1n) is 5.72. The second kappa shape index (κ2) is 5.79. The van der Waals surface area contributed by atoms with Gasteiger partial charge in [-0.15, -0.1) is 0 Å². The van der Waals surface area contributed by atoms with Gasteiger partial charge in [-0.05, 0) is 18.2 Å². The Morgan fingerprint density at radius 3 is 2.50 bits per heavy atom. The number of aliphatic carboxylic acids is 1. The molecule has 2 aromatic rings. The number of hydrogen-bond acceptors (Lipinski definition) is 4. The van der Waals surface area contributed by atoms with Crippen molar-refractivity contribution in [2.45, 2.75) is 6.54 Å². The summed E-state index contributed by atoms with van der Waals surface area (Å²) < 4.78 is 0.931. The summed E-state index contributed by atoms with van der Waals surface area (Å²) in [7, 11) is 0. The van der Waals surface area contributed by atoms with Gasteiger partial charge in [0, 0.05) is 11.8 Å². The van der Waals surface area contributed by atoms with Crippen molar-refractivity contribution in [1.29, 1.82) is 0 Å². The molecule has 2 N–H and O–H groups in total. The van der Waals surface area contributed by atoms with E-state index in [0.717, 1.165) is 4.57 Å². The number of benzene rings is 1. The van der Waals surface area contributed by atoms with E-state index in [4.69, 9.17) is 5.11 Å². The molecule has 0 saturated carbocycles. The molecule has 7 nitrogen and oxygen atoms in total. The van der Waals surface area contributed by atoms with E-state index < -0.39 is 24.1 Å². The fourth-order valence-electron chi connectivity index (χ4n) is 1.54. The predicted octanol–water partition coefficient (Wildman–Crippen LogP) is 0.580. The summed E-state index contributed by atoms with van der Waals surface area (Å²) in [5.41, 5.74) is -0.303. The van der Waals surface area contributed by atoms with E-state index in [2.05, 4.69) is 10.3 Å². The van der Waals surface area contributed by atoms with E-state index in [9.17, 15) is 14.4 Å². The number of rotatable bonds is 4. The van der Waals surface area contributed by atoms with Crippen LogP contribution in [0, 0.1) is 0 Å². The zero-order valence-corrected chi connectivity index (χ0v) is 10.3. The maximum Gasteiger partial charge on any atom is 0.350 e. The SMILES string of the molecule is O=C(O)Cn1ccc(NC(=O)c2ccccc2)nc1=O. The van der Waals surface area contributed by atoms with Crippen LogP contribution >= 0.6 is 0 Å². The van der Waals surface area contributed by atoms with Crippen LogP contribution in [0.25, 0.3) is 0 Å². The molecule has 0 bridgehead atoms. The second-order valence-electron chi connectivity index (χ2n) is 3.94. The van der Waals surface area contributed by atoms with Crippen molar-refractivity contribution in [1.82, 2.24) is 9.55 Å². The van der Waals surface area contributed by atoms with Crippen LogP contribution in [-0.2, 0) is 11.3 Å². The highest BCUT2D eigenvalue weighted by Crippen LogP contribution is 2.04. The summed E-state index contributed by atoms with van der Waals surface area (Å²) in [6, 6.07) is 9.83. The molecular weight excluding hydrogens is 262 g/mol. The number of carboxylic acids is 1. The first-order chi connectivity index (χ1) is 9.56. The Bertz CT molecular complexity index is 694. The van der Waals surface area contributed by atoms with Crippen molar-refractivity contribution in [2.24, 2.45) is 0 Å². The summed E-state index contributed by atoms with van der Waals surface area (Å²) in [4.78, 5) is 37.5. The van der Waals surface area contributed by atoms with Crippen LogP contribution in [-0.4, -0.2) is 26.5 Å². The van der Waals surface area contributed by atoms with Crippen LogP contribution < -0.4 is 11.0 Å². The molecule has 20 heavy (non-hydrogen) atoms. The van der Waals surface area contributed by atoms with Gasteiger partial charge < -0.3 is 10.4 Å². The minimum atomic E-state index is -1.14. The van der Waals surface area contributed by atoms with Gasteiger partial charge in [-0.25, -0.2) is 4.79 Å². The van der Waals surface area contributed by atoms with E-state index >= 15 is 0 Å². The number of anilines is 1. The number of carboxylic acid groups (broad SMARTS) is 1. The molecule has 0 spiro atoms. The normalized spacial score (nSPS) is 10.0. The average Bonchev–Trinajstić information content (AvgIpc) is 2.42. The molecule has 1 amide bonds. The van der Waals surface area contributed by atoms with Gasteiger partial charge in [0.05, 0.1) is 0 Å². The highest BCUT2D eigenvalue weighted by atomic mass is 16.4. The number of nitrogens with one attached hydrogen (secondary N) is 1. The molecule has 7 heteroatoms. The Morgan fingerprint density at radius 1 is 1.20 bits per heavy atom. The number of aromatic nitrogens is 2. The lowest BCUT2D eigenvalue weighted by atomic mass is 10.2. The molecule has 1 aromatic heterocycles. The van der Waals surface area contributed by atoms with Crippen molar-refractivity contribution in [3.8, 4) is 0 Å². The average molecular weight is 273 g/mol. The third-order valence-electron chi connectivity index (χ3n) is 2.46. The van der Waals surface area contributed by atoms with E-state index in [1.54, 1.807) is 30.3 Å². The lowest BCUT2D eigenvalue weighted by molar-refractivity contribution is -0.137. The van der Waals surface area contributed by atoms with E-state index in [1.807, 2.05) is 0 Å². The van der Waals surface area contributed by atoms with Gasteiger partial charge >= 0.3 is 11.7 Å². The minimum Gasteiger partial charge on any atom is -0.480 e. The van der Waals surface area contributed by atoms with E-state index in [-0.39, 0.29) is 5.82 Å². The largest absolute Gasteiger partial charge is 0.480 e. The van der Waals surface area contributed by atoms with Crippen LogP contribution in [0.5, 0.6) is 0 Å². The molecular formula is C13H11N3O4. The quantitative estimate of drug-likeness (QED) is 0.848. The summed E-state index contributed by atoms with van der Waals surface area (Å²) in [6.45, 7) is -0.473. The Kier molecular flexibility index (Phi) is 3.90. The molecule has 0 aliphatic carbocycles. The maximum absolute atomic E-state index is 11.8. The zero-order chi connectivity index (χ0) is 14.5. The van der Waals surface area contributed by atoms with Gasteiger partial charge in [-0.1, -0.05) is 18.2 Å². The van der Waals surface area contributed by atoms with Crippen LogP contribution in [0.1, 0.15) is 10.4 Å². The molecule has 0 atom stereocenters. The van der Waals surface area contributed by atoms with Gasteiger partial charge in [0.25, 0.3) is 5.91 Å². The van der Waals surface area contributed by atoms with Crippen molar-refractivity contribution in [3.05, 3.63) is 58.6 Å². The van der Waals surface area contributed by atoms with Crippen molar-refractivity contribution in [3.63, 3.8) is 0 Å². The number of nitrogens with zero attached hydrogens (tertiary/aromatic N) is 2. The number of carbonyl (C=O) groups excluding carboxylic acids is 1. The lowest BCUT2D eigenvalue weighted by Gasteiger charge is -2.05. The standard InChI is InChI=1S/C13H11N3O4/c17-11(18)8-16-7-6-10(15-13(16)20)14-12(19)9-4-2-1-3-5-9/h1-7H,8H2,(H,17,18)(H,14,15,19,20). The zero-order valence-electron chi connectivity index (χ0n) is 10.3. The highest BCUT2D eigenvalue weighted by Gasteiger charge is 2.08. The Labute approximate surface area is 113 Å². The van der Waals surface area contributed by atoms with E-state index in [1.165, 1.54) is 12.3 Å². The van der Waals surface area contributed by atoms with E-state index in [0.29, 0.717) is 5.56 Å². The van der Waals surface area contributed by atoms with Gasteiger partial charge in [0.2, 0.25) is 0 Å². The number of carbonyl (C=O) groups is 2. The first-order valence-corrected chi connectivity index (χ1v) is 5.72. The van der Waals surface area contributed by atoms with Gasteiger partial charge in [0.15, 0.2) is 0 Å². The molecule has 102 valence electrons. The summed E-state index contributed by atoms with van der Waals surface area (Å²) in [5, 5.41) is 11.1. The Hall–Kier alpha value is -2.96. The monoisotopic (exact) mass is 273 g/mol. The second-order valence-corrected chi connectivity index (χ2v) is 3.94. The Morgan fingerprint density at radius 2 is 1.90 bits per heavy atom. The summed E-state index contributed by atoms with van der Waals surface area (Å²) in [6.07, 6.45) is 1.27. The fraction of sp³-hybridized carbons (Fsp3) is 0.0769. The number of hydrogen-bond donors (Lipinski definition) is 2.